The Bertz CT molecular complexity index is 699. The first kappa shape index (κ1) is 28.7. The molecule has 2 amide bonds. The minimum Gasteiger partial charge on any atom is -0.433 e. The number of rotatable bonds is 10. The van der Waals surface area contributed by atoms with Crippen molar-refractivity contribution < 1.29 is 42.4 Å². The van der Waals surface area contributed by atoms with Crippen molar-refractivity contribution >= 4 is 42.8 Å². The normalized spacial score (nSPS) is 22.7. The van der Waals surface area contributed by atoms with E-state index in [0.29, 0.717) is 12.3 Å². The number of hydrogen-bond donors (Lipinski definition) is 3. The molecule has 0 bridgehead atoms. The van der Waals surface area contributed by atoms with Crippen molar-refractivity contribution in [3.63, 3.8) is 0 Å². The molecule has 0 radical (unpaired) electrons. The van der Waals surface area contributed by atoms with E-state index in [1.807, 2.05) is 0 Å². The molecule has 11 nitrogen and oxygen atoms in total. The van der Waals surface area contributed by atoms with E-state index in [1.165, 1.54) is 6.92 Å². The van der Waals surface area contributed by atoms with Crippen molar-refractivity contribution in [2.75, 3.05) is 32.2 Å². The first-order valence-electron chi connectivity index (χ1n) is 10.1. The van der Waals surface area contributed by atoms with Gasteiger partial charge in [-0.3, -0.25) is 19.2 Å². The van der Waals surface area contributed by atoms with Gasteiger partial charge < -0.3 is 15.4 Å². The maximum absolute atomic E-state index is 12.6. The maximum Gasteiger partial charge on any atom is 0.576 e. The second-order valence-electron chi connectivity index (χ2n) is 8.88. The van der Waals surface area contributed by atoms with Crippen molar-refractivity contribution in [2.24, 2.45) is 10.8 Å². The van der Waals surface area contributed by atoms with Gasteiger partial charge in [0.25, 0.3) is 5.91 Å². The predicted molar refractivity (Wildman–Crippen MR) is 119 cm³/mol. The third-order valence-electron chi connectivity index (χ3n) is 4.19. The molecule has 0 aromatic carbocycles. The summed E-state index contributed by atoms with van der Waals surface area (Å²) in [5, 5.41) is 5.24. The lowest BCUT2D eigenvalue weighted by molar-refractivity contribution is -0.165. The molecule has 1 fully saturated rings. The molecule has 1 heterocycles. The van der Waals surface area contributed by atoms with Gasteiger partial charge in [0, 0.05) is 37.6 Å². The third kappa shape index (κ3) is 10.1. The zero-order valence-electron chi connectivity index (χ0n) is 19.4. The summed E-state index contributed by atoms with van der Waals surface area (Å²) in [6.45, 7) is 9.69. The van der Waals surface area contributed by atoms with E-state index in [0.717, 1.165) is 11.8 Å². The summed E-state index contributed by atoms with van der Waals surface area (Å²) in [4.78, 5) is 57.6. The largest absolute Gasteiger partial charge is 0.576 e. The van der Waals surface area contributed by atoms with Gasteiger partial charge in [0.2, 0.25) is 12.7 Å². The van der Waals surface area contributed by atoms with Gasteiger partial charge in [0.15, 0.2) is 11.2 Å². The Labute approximate surface area is 193 Å². The predicted octanol–water partition coefficient (Wildman–Crippen LogP) is 1.56. The minimum absolute atomic E-state index is 0.0234. The van der Waals surface area contributed by atoms with Crippen LogP contribution in [0.25, 0.3) is 0 Å². The van der Waals surface area contributed by atoms with Crippen LogP contribution in [0.15, 0.2) is 0 Å². The summed E-state index contributed by atoms with van der Waals surface area (Å²) in [6, 6.07) is 0. The van der Waals surface area contributed by atoms with Gasteiger partial charge in [0.05, 0.1) is 5.41 Å². The van der Waals surface area contributed by atoms with Crippen LogP contribution < -0.4 is 10.6 Å². The molecule has 0 aliphatic carbocycles. The van der Waals surface area contributed by atoms with Crippen LogP contribution in [0.4, 0.5) is 0 Å². The van der Waals surface area contributed by atoms with Crippen molar-refractivity contribution in [1.82, 2.24) is 10.6 Å². The van der Waals surface area contributed by atoms with Crippen LogP contribution >= 0.6 is 19.9 Å². The number of esters is 1. The molecular formula is C19H34N2O9PS+. The maximum atomic E-state index is 12.6. The van der Waals surface area contributed by atoms with Gasteiger partial charge in [-0.2, -0.15) is 9.42 Å². The molecule has 1 rings (SSSR count). The van der Waals surface area contributed by atoms with E-state index in [9.17, 15) is 24.1 Å². The van der Waals surface area contributed by atoms with Gasteiger partial charge >= 0.3 is 14.1 Å². The Kier molecular flexibility index (Phi) is 11.0. The molecule has 1 saturated heterocycles. The minimum atomic E-state index is -3.89. The second-order valence-corrected chi connectivity index (χ2v) is 11.8. The van der Waals surface area contributed by atoms with Crippen LogP contribution in [0, 0.1) is 10.8 Å². The van der Waals surface area contributed by atoms with E-state index >= 15 is 0 Å². The molecule has 3 N–H and O–H groups in total. The van der Waals surface area contributed by atoms with Crippen LogP contribution in [-0.4, -0.2) is 66.1 Å². The van der Waals surface area contributed by atoms with Gasteiger partial charge in [-0.05, 0) is 20.8 Å². The van der Waals surface area contributed by atoms with E-state index in [1.54, 1.807) is 34.6 Å². The van der Waals surface area contributed by atoms with Gasteiger partial charge in [-0.25, -0.2) is 0 Å². The smallest absolute Gasteiger partial charge is 0.433 e. The quantitative estimate of drug-likeness (QED) is 0.176. The lowest BCUT2D eigenvalue weighted by atomic mass is 9.87. The van der Waals surface area contributed by atoms with Gasteiger partial charge in [-0.15, -0.1) is 9.05 Å². The molecule has 0 aromatic rings. The Morgan fingerprint density at radius 3 is 2.44 bits per heavy atom. The van der Waals surface area contributed by atoms with Crippen molar-refractivity contribution in [1.29, 1.82) is 0 Å². The number of hydrogen-bond acceptors (Lipinski definition) is 10. The number of carbonyl (C=O) groups excluding carboxylic acids is 4. The van der Waals surface area contributed by atoms with Crippen LogP contribution in [-0.2, 0) is 37.5 Å². The molecular weight excluding hydrogens is 463 g/mol. The average molecular weight is 498 g/mol. The summed E-state index contributed by atoms with van der Waals surface area (Å²) in [7, 11) is -3.89. The third-order valence-corrected chi connectivity index (χ3v) is 6.36. The zero-order chi connectivity index (χ0) is 24.6. The molecule has 13 heteroatoms. The highest BCUT2D eigenvalue weighted by Crippen LogP contribution is 2.63. The summed E-state index contributed by atoms with van der Waals surface area (Å²) in [5.74, 6) is -0.860. The van der Waals surface area contributed by atoms with E-state index in [-0.39, 0.29) is 30.6 Å². The molecule has 1 aliphatic heterocycles. The van der Waals surface area contributed by atoms with Crippen LogP contribution in [0.1, 0.15) is 48.0 Å². The highest BCUT2D eigenvalue weighted by atomic mass is 32.2. The Balaban J connectivity index is 2.50. The van der Waals surface area contributed by atoms with Crippen LogP contribution in [0.3, 0.4) is 0 Å². The first-order chi connectivity index (χ1) is 14.7. The number of nitrogens with one attached hydrogen (secondary N) is 2. The van der Waals surface area contributed by atoms with Crippen LogP contribution in [0.5, 0.6) is 0 Å². The highest BCUT2D eigenvalue weighted by Gasteiger charge is 2.59. The first-order valence-corrected chi connectivity index (χ1v) is 12.6. The van der Waals surface area contributed by atoms with Crippen molar-refractivity contribution in [2.45, 2.75) is 54.1 Å². The molecule has 0 saturated carbocycles. The van der Waals surface area contributed by atoms with Crippen molar-refractivity contribution in [3.05, 3.63) is 0 Å². The standard InChI is InChI=1S/C19H33N2O9PS/c1-13(22)32-10-9-20-14(23)7-8-21-16(24)15-19(5,6)11-28-31(26,30-15)29-12-27-17(25)18(2,3)4/h15,26H,7-12H2,1-6H3,(H-,20,21,23,24)/p+1/t15-,31?/m0/s1. The second kappa shape index (κ2) is 12.2. The molecule has 0 aromatic heterocycles. The van der Waals surface area contributed by atoms with Crippen LogP contribution in [0.2, 0.25) is 0 Å². The fourth-order valence-electron chi connectivity index (χ4n) is 2.33. The molecule has 32 heavy (non-hydrogen) atoms. The molecule has 0 spiro atoms. The highest BCUT2D eigenvalue weighted by molar-refractivity contribution is 8.13. The zero-order valence-corrected chi connectivity index (χ0v) is 21.1. The topological polar surface area (TPSA) is 149 Å². The lowest BCUT2D eigenvalue weighted by Gasteiger charge is -2.36. The molecule has 2 atom stereocenters. The van der Waals surface area contributed by atoms with E-state index < -0.39 is 43.8 Å². The number of carbonyl (C=O) groups is 4. The summed E-state index contributed by atoms with van der Waals surface area (Å²) >= 11 is 1.12. The van der Waals surface area contributed by atoms with E-state index in [2.05, 4.69) is 10.6 Å². The molecule has 184 valence electrons. The lowest BCUT2D eigenvalue weighted by Crippen LogP contribution is -2.51. The Morgan fingerprint density at radius 2 is 1.84 bits per heavy atom. The number of ether oxygens (including phenoxy) is 1. The number of amides is 2. The SMILES string of the molecule is CC(=O)SCCNC(=O)CCNC(=O)[C@@H]1O[P+](O)(OCOC(=O)C(C)(C)C)OCC1(C)C. The fraction of sp³-hybridized carbons (Fsp3) is 0.789. The monoisotopic (exact) mass is 497 g/mol. The average Bonchev–Trinajstić information content (AvgIpc) is 2.66. The van der Waals surface area contributed by atoms with E-state index in [4.69, 9.17) is 18.3 Å². The molecule has 1 aliphatic rings. The Hall–Kier alpha value is -1.30. The van der Waals surface area contributed by atoms with Crippen molar-refractivity contribution in [3.8, 4) is 0 Å². The summed E-state index contributed by atoms with van der Waals surface area (Å²) in [5.41, 5.74) is -1.53. The number of thioether (sulfide) groups is 1. The molecule has 1 unspecified atom stereocenters. The Morgan fingerprint density at radius 1 is 1.19 bits per heavy atom. The fourth-order valence-corrected chi connectivity index (χ4v) is 4.35. The summed E-state index contributed by atoms with van der Waals surface area (Å²) < 4.78 is 20.8. The summed E-state index contributed by atoms with van der Waals surface area (Å²) in [6.07, 6.45) is -1.07. The van der Waals surface area contributed by atoms with Gasteiger partial charge in [-0.1, -0.05) is 25.6 Å². The van der Waals surface area contributed by atoms with Gasteiger partial charge in [0.1, 0.15) is 6.61 Å².